The molecule has 1 saturated carbocycles. The molecule has 1 saturated heterocycles. The number of esters is 1. The van der Waals surface area contributed by atoms with Crippen LogP contribution in [0.5, 0.6) is 0 Å². The number of rotatable bonds is 3. The fourth-order valence-corrected chi connectivity index (χ4v) is 3.84. The van der Waals surface area contributed by atoms with Crippen LogP contribution in [0.2, 0.25) is 0 Å². The van der Waals surface area contributed by atoms with Crippen LogP contribution in [0.25, 0.3) is 0 Å². The molecule has 2 bridgehead atoms. The van der Waals surface area contributed by atoms with E-state index in [0.717, 1.165) is 19.3 Å². The molecule has 0 aromatic carbocycles. The van der Waals surface area contributed by atoms with Gasteiger partial charge >= 0.3 is 12.1 Å². The predicted molar refractivity (Wildman–Crippen MR) is 82.0 cm³/mol. The Morgan fingerprint density at radius 3 is 2.38 bits per heavy atom. The second-order valence-electron chi connectivity index (χ2n) is 8.13. The number of nitrogens with zero attached hydrogens (tertiary/aromatic N) is 1. The van der Waals surface area contributed by atoms with E-state index in [1.165, 1.54) is 4.90 Å². The minimum atomic E-state index is -4.52. The quantitative estimate of drug-likeness (QED) is 0.732. The van der Waals surface area contributed by atoms with Crippen molar-refractivity contribution in [2.24, 2.45) is 17.3 Å². The van der Waals surface area contributed by atoms with Crippen molar-refractivity contribution >= 4 is 11.9 Å². The molecule has 24 heavy (non-hydrogen) atoms. The van der Waals surface area contributed by atoms with Gasteiger partial charge < -0.3 is 9.64 Å². The van der Waals surface area contributed by atoms with Crippen LogP contribution in [0.4, 0.5) is 13.2 Å². The number of carbonyl (C=O) groups is 2. The third kappa shape index (κ3) is 4.42. The lowest BCUT2D eigenvalue weighted by atomic mass is 9.87. The Hall–Kier alpha value is -1.27. The number of amides is 1. The van der Waals surface area contributed by atoms with Gasteiger partial charge in [-0.3, -0.25) is 9.59 Å². The summed E-state index contributed by atoms with van der Waals surface area (Å²) in [5, 5.41) is 0. The van der Waals surface area contributed by atoms with Crippen LogP contribution in [-0.2, 0) is 14.3 Å². The van der Waals surface area contributed by atoms with Gasteiger partial charge in [0.1, 0.15) is 12.5 Å². The van der Waals surface area contributed by atoms with Gasteiger partial charge in [0, 0.05) is 6.54 Å². The predicted octanol–water partition coefficient (Wildman–Crippen LogP) is 3.54. The molecule has 4 atom stereocenters. The number of hydrogen-bond acceptors (Lipinski definition) is 3. The number of piperidine rings is 1. The minimum absolute atomic E-state index is 0.101. The zero-order valence-electron chi connectivity index (χ0n) is 14.7. The normalized spacial score (nSPS) is 28.6. The summed E-state index contributed by atoms with van der Waals surface area (Å²) in [5.74, 6) is -0.959. The van der Waals surface area contributed by atoms with Crippen molar-refractivity contribution < 1.29 is 27.5 Å². The molecule has 2 rings (SSSR count). The summed E-state index contributed by atoms with van der Waals surface area (Å²) in [7, 11) is 0. The van der Waals surface area contributed by atoms with Crippen molar-refractivity contribution in [3.05, 3.63) is 0 Å². The van der Waals surface area contributed by atoms with E-state index < -0.39 is 42.0 Å². The molecule has 138 valence electrons. The zero-order valence-corrected chi connectivity index (χ0v) is 14.7. The molecule has 1 aliphatic carbocycles. The van der Waals surface area contributed by atoms with Crippen molar-refractivity contribution in [2.75, 3.05) is 6.54 Å². The third-order valence-corrected chi connectivity index (χ3v) is 4.94. The summed E-state index contributed by atoms with van der Waals surface area (Å²) in [5.41, 5.74) is -0.693. The largest absolute Gasteiger partial charge is 0.460 e. The molecule has 2 aliphatic rings. The van der Waals surface area contributed by atoms with E-state index in [-0.39, 0.29) is 11.8 Å². The number of likely N-dealkylation sites (tertiary alicyclic amines) is 1. The number of hydrogen-bond donors (Lipinski definition) is 0. The van der Waals surface area contributed by atoms with Gasteiger partial charge in [-0.1, -0.05) is 0 Å². The Labute approximate surface area is 140 Å². The average Bonchev–Trinajstić information content (AvgIpc) is 2.76. The summed E-state index contributed by atoms with van der Waals surface area (Å²) in [6.07, 6.45) is -3.93. The second kappa shape index (κ2) is 6.56. The van der Waals surface area contributed by atoms with Crippen LogP contribution in [-0.4, -0.2) is 41.6 Å². The molecule has 3 unspecified atom stereocenters. The maximum Gasteiger partial charge on any atom is 0.397 e. The standard InChI is InChI=1S/C17H26F3NO3/c1-10(24-15(23)16(2,3)4)14-12-6-5-11(7-12)9-21(14)13(22)8-17(18,19)20/h10-12,14H,5-9H2,1-4H3/t10-,11?,12?,14?/m0/s1. The number of alkyl halides is 3. The van der Waals surface area contributed by atoms with Gasteiger partial charge in [-0.15, -0.1) is 0 Å². The molecule has 1 heterocycles. The molecule has 0 spiro atoms. The van der Waals surface area contributed by atoms with Crippen LogP contribution >= 0.6 is 0 Å². The van der Waals surface area contributed by atoms with E-state index in [0.29, 0.717) is 6.54 Å². The van der Waals surface area contributed by atoms with Gasteiger partial charge in [-0.2, -0.15) is 13.2 Å². The number of halogens is 3. The lowest BCUT2D eigenvalue weighted by molar-refractivity contribution is -0.175. The van der Waals surface area contributed by atoms with Crippen LogP contribution in [0.1, 0.15) is 53.4 Å². The highest BCUT2D eigenvalue weighted by Crippen LogP contribution is 2.43. The Bertz CT molecular complexity index is 498. The SMILES string of the molecule is C[C@H](OC(=O)C(C)(C)C)C1C2CCC(C2)CN1C(=O)CC(F)(F)F. The maximum atomic E-state index is 12.6. The van der Waals surface area contributed by atoms with E-state index in [2.05, 4.69) is 0 Å². The minimum Gasteiger partial charge on any atom is -0.460 e. The smallest absolute Gasteiger partial charge is 0.397 e. The molecule has 2 fully saturated rings. The summed E-state index contributed by atoms with van der Waals surface area (Å²) in [6.45, 7) is 7.18. The van der Waals surface area contributed by atoms with Crippen molar-refractivity contribution in [2.45, 2.75) is 71.7 Å². The summed E-state index contributed by atoms with van der Waals surface area (Å²) < 4.78 is 43.4. The van der Waals surface area contributed by atoms with Crippen LogP contribution in [0, 0.1) is 17.3 Å². The molecule has 1 amide bonds. The van der Waals surface area contributed by atoms with E-state index in [1.807, 2.05) is 0 Å². The van der Waals surface area contributed by atoms with Gasteiger partial charge in [0.2, 0.25) is 5.91 Å². The molecular weight excluding hydrogens is 323 g/mol. The lowest BCUT2D eigenvalue weighted by Crippen LogP contribution is -2.55. The first kappa shape index (κ1) is 19.1. The number of carbonyl (C=O) groups excluding carboxylic acids is 2. The van der Waals surface area contributed by atoms with Gasteiger partial charge in [0.15, 0.2) is 0 Å². The fraction of sp³-hybridized carbons (Fsp3) is 0.882. The van der Waals surface area contributed by atoms with Crippen molar-refractivity contribution in [1.82, 2.24) is 4.90 Å². The Kier molecular flexibility index (Phi) is 5.21. The first-order valence-corrected chi connectivity index (χ1v) is 8.46. The summed E-state index contributed by atoms with van der Waals surface area (Å²) >= 11 is 0. The van der Waals surface area contributed by atoms with Crippen LogP contribution in [0.15, 0.2) is 0 Å². The molecule has 0 aromatic heterocycles. The zero-order chi connectivity index (χ0) is 18.3. The highest BCUT2D eigenvalue weighted by Gasteiger charge is 2.47. The van der Waals surface area contributed by atoms with Crippen molar-refractivity contribution in [3.8, 4) is 0 Å². The van der Waals surface area contributed by atoms with E-state index in [1.54, 1.807) is 27.7 Å². The van der Waals surface area contributed by atoms with Crippen molar-refractivity contribution in [3.63, 3.8) is 0 Å². The lowest BCUT2D eigenvalue weighted by Gasteiger charge is -2.43. The Morgan fingerprint density at radius 2 is 1.83 bits per heavy atom. The molecular formula is C17H26F3NO3. The first-order chi connectivity index (χ1) is 10.9. The fourth-order valence-electron chi connectivity index (χ4n) is 3.84. The molecule has 0 N–H and O–H groups in total. The van der Waals surface area contributed by atoms with Gasteiger partial charge in [0.25, 0.3) is 0 Å². The molecule has 7 heteroatoms. The van der Waals surface area contributed by atoms with Crippen LogP contribution in [0.3, 0.4) is 0 Å². The second-order valence-corrected chi connectivity index (χ2v) is 8.13. The van der Waals surface area contributed by atoms with Crippen molar-refractivity contribution in [1.29, 1.82) is 0 Å². The maximum absolute atomic E-state index is 12.6. The first-order valence-electron chi connectivity index (χ1n) is 8.46. The van der Waals surface area contributed by atoms with E-state index in [4.69, 9.17) is 4.74 Å². The summed E-state index contributed by atoms with van der Waals surface area (Å²) in [4.78, 5) is 25.6. The van der Waals surface area contributed by atoms with Crippen LogP contribution < -0.4 is 0 Å². The third-order valence-electron chi connectivity index (χ3n) is 4.94. The van der Waals surface area contributed by atoms with Gasteiger partial charge in [0.05, 0.1) is 11.5 Å². The van der Waals surface area contributed by atoms with E-state index >= 15 is 0 Å². The number of fused-ring (bicyclic) bond motifs is 2. The average molecular weight is 349 g/mol. The molecule has 0 radical (unpaired) electrons. The Balaban J connectivity index is 2.15. The molecule has 4 nitrogen and oxygen atoms in total. The highest BCUT2D eigenvalue weighted by molar-refractivity contribution is 5.78. The Morgan fingerprint density at radius 1 is 1.21 bits per heavy atom. The number of ether oxygens (including phenoxy) is 1. The molecule has 0 aromatic rings. The van der Waals surface area contributed by atoms with Gasteiger partial charge in [-0.05, 0) is 58.8 Å². The molecule has 1 aliphatic heterocycles. The monoisotopic (exact) mass is 349 g/mol. The van der Waals surface area contributed by atoms with Gasteiger partial charge in [-0.25, -0.2) is 0 Å². The highest BCUT2D eigenvalue weighted by atomic mass is 19.4. The van der Waals surface area contributed by atoms with E-state index in [9.17, 15) is 22.8 Å². The summed E-state index contributed by atoms with van der Waals surface area (Å²) in [6, 6.07) is -0.468. The topological polar surface area (TPSA) is 46.6 Å².